The Morgan fingerprint density at radius 1 is 1.53 bits per heavy atom. The lowest BCUT2D eigenvalue weighted by Crippen LogP contribution is -2.36. The fourth-order valence-electron chi connectivity index (χ4n) is 2.59. The highest BCUT2D eigenvalue weighted by Crippen LogP contribution is 2.25. The van der Waals surface area contributed by atoms with Crippen molar-refractivity contribution in [2.45, 2.75) is 58.2 Å². The molecule has 0 amide bonds. The van der Waals surface area contributed by atoms with Crippen LogP contribution >= 0.6 is 11.3 Å². The third-order valence-corrected chi connectivity index (χ3v) is 4.42. The minimum absolute atomic E-state index is 0.0600. The van der Waals surface area contributed by atoms with Crippen LogP contribution in [0.2, 0.25) is 0 Å². The lowest BCUT2D eigenvalue weighted by Gasteiger charge is -2.27. The predicted octanol–water partition coefficient (Wildman–Crippen LogP) is 2.58. The van der Waals surface area contributed by atoms with Gasteiger partial charge >= 0.3 is 0 Å². The van der Waals surface area contributed by atoms with Gasteiger partial charge in [-0.1, -0.05) is 0 Å². The Morgan fingerprint density at radius 2 is 2.29 bits per heavy atom. The van der Waals surface area contributed by atoms with Gasteiger partial charge in [-0.25, -0.2) is 4.98 Å². The number of hydrogen-bond acceptors (Lipinski definition) is 4. The molecule has 1 fully saturated rings. The second kappa shape index (κ2) is 5.46. The van der Waals surface area contributed by atoms with Crippen molar-refractivity contribution in [1.82, 2.24) is 9.88 Å². The second-order valence-electron chi connectivity index (χ2n) is 5.29. The molecule has 0 spiro atoms. The van der Waals surface area contributed by atoms with Crippen LogP contribution < -0.4 is 5.73 Å². The van der Waals surface area contributed by atoms with Crippen molar-refractivity contribution in [3.8, 4) is 0 Å². The van der Waals surface area contributed by atoms with Crippen LogP contribution in [-0.4, -0.2) is 28.5 Å². The largest absolute Gasteiger partial charge is 0.323 e. The van der Waals surface area contributed by atoms with Gasteiger partial charge in [-0.15, -0.1) is 11.3 Å². The van der Waals surface area contributed by atoms with Crippen molar-refractivity contribution in [3.63, 3.8) is 0 Å². The molecule has 0 bridgehead atoms. The molecule has 2 rings (SSSR count). The summed E-state index contributed by atoms with van der Waals surface area (Å²) in [7, 11) is 0. The van der Waals surface area contributed by atoms with Gasteiger partial charge in [0.05, 0.1) is 10.7 Å². The van der Waals surface area contributed by atoms with Crippen LogP contribution in [0.3, 0.4) is 0 Å². The van der Waals surface area contributed by atoms with Gasteiger partial charge < -0.3 is 5.73 Å². The summed E-state index contributed by atoms with van der Waals surface area (Å²) in [6, 6.07) is 1.39. The summed E-state index contributed by atoms with van der Waals surface area (Å²) in [5, 5.41) is 3.35. The molecule has 0 aliphatic carbocycles. The minimum Gasteiger partial charge on any atom is -0.323 e. The number of nitrogens with two attached hydrogens (primary N) is 1. The van der Waals surface area contributed by atoms with Crippen molar-refractivity contribution < 1.29 is 0 Å². The summed E-state index contributed by atoms with van der Waals surface area (Å²) in [6.07, 6.45) is 3.73. The normalized spacial score (nSPS) is 23.5. The Kier molecular flexibility index (Phi) is 4.17. The Hall–Kier alpha value is -0.450. The quantitative estimate of drug-likeness (QED) is 0.897. The first-order valence-corrected chi connectivity index (χ1v) is 7.41. The van der Waals surface area contributed by atoms with Crippen LogP contribution in [0.15, 0.2) is 5.38 Å². The molecule has 0 saturated carbocycles. The van der Waals surface area contributed by atoms with Crippen molar-refractivity contribution >= 4 is 11.3 Å². The van der Waals surface area contributed by atoms with Crippen LogP contribution in [0.1, 0.15) is 50.4 Å². The number of likely N-dealkylation sites (tertiary alicyclic amines) is 1. The first-order valence-electron chi connectivity index (χ1n) is 6.53. The van der Waals surface area contributed by atoms with E-state index >= 15 is 0 Å². The molecule has 2 atom stereocenters. The van der Waals surface area contributed by atoms with E-state index in [0.29, 0.717) is 12.1 Å². The monoisotopic (exact) mass is 253 g/mol. The Balaban J connectivity index is 1.99. The van der Waals surface area contributed by atoms with Gasteiger partial charge in [0.15, 0.2) is 0 Å². The van der Waals surface area contributed by atoms with Crippen LogP contribution in [0.5, 0.6) is 0 Å². The van der Waals surface area contributed by atoms with Crippen molar-refractivity contribution in [3.05, 3.63) is 16.1 Å². The minimum atomic E-state index is 0.0600. The zero-order valence-corrected chi connectivity index (χ0v) is 11.8. The molecule has 0 radical (unpaired) electrons. The molecular formula is C13H23N3S. The average Bonchev–Trinajstić information content (AvgIpc) is 2.86. The highest BCUT2D eigenvalue weighted by molar-refractivity contribution is 7.09. The average molecular weight is 253 g/mol. The van der Waals surface area contributed by atoms with E-state index in [2.05, 4.69) is 29.1 Å². The summed E-state index contributed by atoms with van der Waals surface area (Å²) >= 11 is 1.76. The molecule has 3 nitrogen and oxygen atoms in total. The summed E-state index contributed by atoms with van der Waals surface area (Å²) in [5.41, 5.74) is 6.89. The second-order valence-corrected chi connectivity index (χ2v) is 6.23. The van der Waals surface area contributed by atoms with Crippen molar-refractivity contribution in [2.24, 2.45) is 5.73 Å². The van der Waals surface area contributed by atoms with E-state index in [4.69, 9.17) is 5.73 Å². The van der Waals surface area contributed by atoms with E-state index in [1.807, 2.05) is 6.92 Å². The molecule has 4 heteroatoms. The summed E-state index contributed by atoms with van der Waals surface area (Å²) < 4.78 is 0. The molecule has 1 aliphatic rings. The first kappa shape index (κ1) is 13.0. The van der Waals surface area contributed by atoms with E-state index in [1.54, 1.807) is 11.3 Å². The van der Waals surface area contributed by atoms with Crippen LogP contribution in [0.25, 0.3) is 0 Å². The van der Waals surface area contributed by atoms with Gasteiger partial charge in [0.2, 0.25) is 0 Å². The molecule has 2 heterocycles. The van der Waals surface area contributed by atoms with Gasteiger partial charge in [0.25, 0.3) is 0 Å². The molecule has 1 aromatic heterocycles. The standard InChI is InChI=1S/C13H23N3S/c1-9(2)16-6-4-5-11(16)7-13-15-12(8-17-13)10(3)14/h8-11H,4-7,14H2,1-3H3. The molecule has 96 valence electrons. The van der Waals surface area contributed by atoms with E-state index in [9.17, 15) is 0 Å². The van der Waals surface area contributed by atoms with E-state index in [1.165, 1.54) is 24.4 Å². The lowest BCUT2D eigenvalue weighted by atomic mass is 10.1. The Morgan fingerprint density at radius 3 is 2.88 bits per heavy atom. The third-order valence-electron chi connectivity index (χ3n) is 3.53. The van der Waals surface area contributed by atoms with Gasteiger partial charge in [-0.05, 0) is 40.2 Å². The molecule has 1 aliphatic heterocycles. The number of nitrogens with zero attached hydrogens (tertiary/aromatic N) is 2. The zero-order chi connectivity index (χ0) is 12.4. The third kappa shape index (κ3) is 3.06. The number of thiazole rings is 1. The maximum absolute atomic E-state index is 5.84. The molecule has 17 heavy (non-hydrogen) atoms. The molecule has 1 aromatic rings. The lowest BCUT2D eigenvalue weighted by molar-refractivity contribution is 0.202. The van der Waals surface area contributed by atoms with E-state index in [-0.39, 0.29) is 6.04 Å². The summed E-state index contributed by atoms with van der Waals surface area (Å²) in [6.45, 7) is 7.81. The topological polar surface area (TPSA) is 42.1 Å². The van der Waals surface area contributed by atoms with E-state index < -0.39 is 0 Å². The Labute approximate surface area is 108 Å². The highest BCUT2D eigenvalue weighted by atomic mass is 32.1. The van der Waals surface area contributed by atoms with Gasteiger partial charge in [0, 0.05) is 29.9 Å². The van der Waals surface area contributed by atoms with Crippen molar-refractivity contribution in [1.29, 1.82) is 0 Å². The maximum atomic E-state index is 5.84. The summed E-state index contributed by atoms with van der Waals surface area (Å²) in [4.78, 5) is 7.24. The fourth-order valence-corrected chi connectivity index (χ4v) is 3.56. The first-order chi connectivity index (χ1) is 8.08. The van der Waals surface area contributed by atoms with Crippen LogP contribution in [0, 0.1) is 0 Å². The zero-order valence-electron chi connectivity index (χ0n) is 11.0. The van der Waals surface area contributed by atoms with E-state index in [0.717, 1.165) is 12.1 Å². The molecule has 0 aromatic carbocycles. The van der Waals surface area contributed by atoms with Crippen molar-refractivity contribution in [2.75, 3.05) is 6.54 Å². The fraction of sp³-hybridized carbons (Fsp3) is 0.769. The number of hydrogen-bond donors (Lipinski definition) is 1. The summed E-state index contributed by atoms with van der Waals surface area (Å²) in [5.74, 6) is 0. The molecule has 2 N–H and O–H groups in total. The maximum Gasteiger partial charge on any atom is 0.0944 e. The Bertz CT molecular complexity index is 359. The smallest absolute Gasteiger partial charge is 0.0944 e. The molecule has 1 saturated heterocycles. The predicted molar refractivity (Wildman–Crippen MR) is 73.3 cm³/mol. The number of aromatic nitrogens is 1. The molecule has 2 unspecified atom stereocenters. The van der Waals surface area contributed by atoms with Crippen LogP contribution in [0.4, 0.5) is 0 Å². The molecular weight excluding hydrogens is 230 g/mol. The van der Waals surface area contributed by atoms with Gasteiger partial charge in [0.1, 0.15) is 0 Å². The SMILES string of the molecule is CC(N)c1csc(CC2CCCN2C(C)C)n1. The van der Waals surface area contributed by atoms with Gasteiger partial charge in [-0.3, -0.25) is 4.90 Å². The highest BCUT2D eigenvalue weighted by Gasteiger charge is 2.27. The van der Waals surface area contributed by atoms with Gasteiger partial charge in [-0.2, -0.15) is 0 Å². The number of rotatable bonds is 4. The van der Waals surface area contributed by atoms with Crippen LogP contribution in [-0.2, 0) is 6.42 Å².